The zero-order valence-electron chi connectivity index (χ0n) is 12.8. The zero-order chi connectivity index (χ0) is 15.5. The third-order valence-electron chi connectivity index (χ3n) is 3.59. The molecular formula is C16H20N4O2. The van der Waals surface area contributed by atoms with Crippen LogP contribution < -0.4 is 15.4 Å². The summed E-state index contributed by atoms with van der Waals surface area (Å²) in [7, 11) is 0. The molecule has 1 aliphatic rings. The fraction of sp³-hybridized carbons (Fsp3) is 0.375. The molecule has 0 saturated carbocycles. The van der Waals surface area contributed by atoms with Crippen LogP contribution in [0, 0.1) is 13.8 Å². The molecule has 0 atom stereocenters. The van der Waals surface area contributed by atoms with E-state index in [2.05, 4.69) is 15.7 Å². The van der Waals surface area contributed by atoms with E-state index in [1.807, 2.05) is 38.1 Å². The molecule has 2 N–H and O–H groups in total. The number of nitrogens with one attached hydrogen (secondary N) is 2. The van der Waals surface area contributed by atoms with Crippen LogP contribution in [0.25, 0.3) is 0 Å². The molecule has 1 aliphatic heterocycles. The van der Waals surface area contributed by atoms with Crippen molar-refractivity contribution in [2.24, 2.45) is 0 Å². The summed E-state index contributed by atoms with van der Waals surface area (Å²) < 4.78 is 7.34. The lowest BCUT2D eigenvalue weighted by molar-refractivity contribution is -0.116. The summed E-state index contributed by atoms with van der Waals surface area (Å²) in [6, 6.07) is 7.68. The van der Waals surface area contributed by atoms with Crippen molar-refractivity contribution in [2.45, 2.75) is 26.9 Å². The van der Waals surface area contributed by atoms with Gasteiger partial charge in [0.15, 0.2) is 0 Å². The predicted octanol–water partition coefficient (Wildman–Crippen LogP) is 1.62. The second-order valence-corrected chi connectivity index (χ2v) is 5.48. The summed E-state index contributed by atoms with van der Waals surface area (Å²) in [4.78, 5) is 12.2. The molecule has 0 aliphatic carbocycles. The van der Waals surface area contributed by atoms with Gasteiger partial charge >= 0.3 is 0 Å². The van der Waals surface area contributed by atoms with E-state index < -0.39 is 0 Å². The molecule has 0 fully saturated rings. The smallest absolute Gasteiger partial charge is 0.246 e. The van der Waals surface area contributed by atoms with Crippen molar-refractivity contribution in [1.29, 1.82) is 0 Å². The average Bonchev–Trinajstić information content (AvgIpc) is 2.67. The van der Waals surface area contributed by atoms with Gasteiger partial charge in [0.1, 0.15) is 18.9 Å². The predicted molar refractivity (Wildman–Crippen MR) is 84.0 cm³/mol. The van der Waals surface area contributed by atoms with Crippen LogP contribution in [0.1, 0.15) is 17.0 Å². The number of hydrogen-bond acceptors (Lipinski definition) is 4. The van der Waals surface area contributed by atoms with Crippen LogP contribution in [-0.2, 0) is 17.9 Å². The SMILES string of the molecule is Cc1cc(C)n(CC(=O)Nc2ccc3c(c2)CNCCO3)n1. The topological polar surface area (TPSA) is 68.2 Å². The third-order valence-corrected chi connectivity index (χ3v) is 3.59. The molecule has 2 heterocycles. The summed E-state index contributed by atoms with van der Waals surface area (Å²) in [5, 5.41) is 10.5. The van der Waals surface area contributed by atoms with Crippen molar-refractivity contribution in [3.8, 4) is 5.75 Å². The Morgan fingerprint density at radius 1 is 1.41 bits per heavy atom. The highest BCUT2D eigenvalue weighted by Crippen LogP contribution is 2.24. The summed E-state index contributed by atoms with van der Waals surface area (Å²) in [5.41, 5.74) is 3.73. The van der Waals surface area contributed by atoms with Gasteiger partial charge in [-0.25, -0.2) is 0 Å². The average molecular weight is 300 g/mol. The molecule has 3 rings (SSSR count). The Morgan fingerprint density at radius 2 is 2.27 bits per heavy atom. The van der Waals surface area contributed by atoms with E-state index in [4.69, 9.17) is 4.74 Å². The standard InChI is InChI=1S/C16H20N4O2/c1-11-7-12(2)20(19-11)10-16(21)18-14-3-4-15-13(8-14)9-17-5-6-22-15/h3-4,7-8,17H,5-6,9-10H2,1-2H3,(H,18,21). The van der Waals surface area contributed by atoms with Crippen molar-refractivity contribution < 1.29 is 9.53 Å². The van der Waals surface area contributed by atoms with Gasteiger partial charge in [0.2, 0.25) is 5.91 Å². The molecule has 1 aromatic heterocycles. The largest absolute Gasteiger partial charge is 0.492 e. The maximum absolute atomic E-state index is 12.2. The summed E-state index contributed by atoms with van der Waals surface area (Å²) in [6.45, 7) is 6.31. The van der Waals surface area contributed by atoms with E-state index in [0.717, 1.165) is 41.5 Å². The molecule has 1 amide bonds. The lowest BCUT2D eigenvalue weighted by Crippen LogP contribution is -2.20. The fourth-order valence-corrected chi connectivity index (χ4v) is 2.56. The number of hydrogen-bond donors (Lipinski definition) is 2. The molecule has 6 heteroatoms. The van der Waals surface area contributed by atoms with Gasteiger partial charge < -0.3 is 15.4 Å². The number of carbonyl (C=O) groups excluding carboxylic acids is 1. The van der Waals surface area contributed by atoms with Crippen LogP contribution in [0.3, 0.4) is 0 Å². The van der Waals surface area contributed by atoms with Crippen LogP contribution in [-0.4, -0.2) is 28.8 Å². The van der Waals surface area contributed by atoms with Gasteiger partial charge in [-0.05, 0) is 38.1 Å². The first kappa shape index (κ1) is 14.6. The van der Waals surface area contributed by atoms with Crippen LogP contribution in [0.2, 0.25) is 0 Å². The number of anilines is 1. The maximum Gasteiger partial charge on any atom is 0.246 e. The Balaban J connectivity index is 1.69. The second kappa shape index (κ2) is 6.19. The first-order chi connectivity index (χ1) is 10.6. The molecule has 2 aromatic rings. The Labute approximate surface area is 129 Å². The first-order valence-corrected chi connectivity index (χ1v) is 7.39. The highest BCUT2D eigenvalue weighted by atomic mass is 16.5. The van der Waals surface area contributed by atoms with Crippen LogP contribution in [0.15, 0.2) is 24.3 Å². The zero-order valence-corrected chi connectivity index (χ0v) is 12.8. The van der Waals surface area contributed by atoms with Crippen LogP contribution in [0.4, 0.5) is 5.69 Å². The Hall–Kier alpha value is -2.34. The second-order valence-electron chi connectivity index (χ2n) is 5.48. The van der Waals surface area contributed by atoms with E-state index in [-0.39, 0.29) is 12.5 Å². The molecule has 0 spiro atoms. The molecule has 0 unspecified atom stereocenters. The molecule has 0 saturated heterocycles. The minimum atomic E-state index is -0.0892. The van der Waals surface area contributed by atoms with Gasteiger partial charge in [0, 0.05) is 30.0 Å². The van der Waals surface area contributed by atoms with Gasteiger partial charge in [0.25, 0.3) is 0 Å². The van der Waals surface area contributed by atoms with Gasteiger partial charge in [0.05, 0.1) is 5.69 Å². The van der Waals surface area contributed by atoms with E-state index in [0.29, 0.717) is 6.61 Å². The van der Waals surface area contributed by atoms with Crippen LogP contribution in [0.5, 0.6) is 5.75 Å². The Kier molecular flexibility index (Phi) is 4.11. The van der Waals surface area contributed by atoms with E-state index in [9.17, 15) is 4.79 Å². The molecule has 0 bridgehead atoms. The minimum Gasteiger partial charge on any atom is -0.492 e. The third kappa shape index (κ3) is 3.28. The highest BCUT2D eigenvalue weighted by molar-refractivity contribution is 5.90. The molecule has 6 nitrogen and oxygen atoms in total. The van der Waals surface area contributed by atoms with E-state index in [1.54, 1.807) is 4.68 Å². The number of aryl methyl sites for hydroxylation is 2. The van der Waals surface area contributed by atoms with Crippen molar-refractivity contribution in [3.63, 3.8) is 0 Å². The fourth-order valence-electron chi connectivity index (χ4n) is 2.56. The van der Waals surface area contributed by atoms with E-state index in [1.165, 1.54) is 0 Å². The molecular weight excluding hydrogens is 280 g/mol. The number of benzene rings is 1. The quantitative estimate of drug-likeness (QED) is 0.904. The number of amides is 1. The molecule has 116 valence electrons. The van der Waals surface area contributed by atoms with Gasteiger partial charge in [-0.3, -0.25) is 9.48 Å². The first-order valence-electron chi connectivity index (χ1n) is 7.39. The summed E-state index contributed by atoms with van der Waals surface area (Å²) >= 11 is 0. The maximum atomic E-state index is 12.2. The van der Waals surface area contributed by atoms with Gasteiger partial charge in [-0.1, -0.05) is 0 Å². The molecule has 22 heavy (non-hydrogen) atoms. The van der Waals surface area contributed by atoms with Crippen molar-refractivity contribution in [1.82, 2.24) is 15.1 Å². The normalized spacial score (nSPS) is 13.9. The Bertz CT molecular complexity index is 693. The molecule has 1 aromatic carbocycles. The number of fused-ring (bicyclic) bond motifs is 1. The monoisotopic (exact) mass is 300 g/mol. The number of ether oxygens (including phenoxy) is 1. The lowest BCUT2D eigenvalue weighted by atomic mass is 10.1. The summed E-state index contributed by atoms with van der Waals surface area (Å²) in [5.74, 6) is 0.787. The van der Waals surface area contributed by atoms with Crippen molar-refractivity contribution >= 4 is 11.6 Å². The number of nitrogens with zero attached hydrogens (tertiary/aromatic N) is 2. The summed E-state index contributed by atoms with van der Waals surface area (Å²) in [6.07, 6.45) is 0. The van der Waals surface area contributed by atoms with Crippen LogP contribution >= 0.6 is 0 Å². The number of carbonyl (C=O) groups is 1. The minimum absolute atomic E-state index is 0.0892. The van der Waals surface area contributed by atoms with Gasteiger partial charge in [-0.2, -0.15) is 5.10 Å². The number of aromatic nitrogens is 2. The Morgan fingerprint density at radius 3 is 3.05 bits per heavy atom. The van der Waals surface area contributed by atoms with E-state index >= 15 is 0 Å². The van der Waals surface area contributed by atoms with Gasteiger partial charge in [-0.15, -0.1) is 0 Å². The number of rotatable bonds is 3. The lowest BCUT2D eigenvalue weighted by Gasteiger charge is -2.10. The van der Waals surface area contributed by atoms with Crippen molar-refractivity contribution in [3.05, 3.63) is 41.2 Å². The molecule has 0 radical (unpaired) electrons. The van der Waals surface area contributed by atoms with Crippen molar-refractivity contribution in [2.75, 3.05) is 18.5 Å². The highest BCUT2D eigenvalue weighted by Gasteiger charge is 2.11.